The molecule has 0 spiro atoms. The number of hydrogen-bond acceptors (Lipinski definition) is 0. The van der Waals surface area contributed by atoms with Crippen LogP contribution in [0, 0.1) is 38.5 Å². The number of benzene rings is 4. The first-order valence-corrected chi connectivity index (χ1v) is 37.3. The summed E-state index contributed by atoms with van der Waals surface area (Å²) >= 11 is -5.18. The van der Waals surface area contributed by atoms with E-state index >= 15 is 0 Å². The molecule has 0 heterocycles. The summed E-state index contributed by atoms with van der Waals surface area (Å²) in [6.45, 7) is 42.3. The molecule has 2 atom stereocenters. The quantitative estimate of drug-likeness (QED) is 0.175. The van der Waals surface area contributed by atoms with Crippen LogP contribution >= 0.6 is 17.0 Å². The van der Waals surface area contributed by atoms with Crippen molar-refractivity contribution in [2.24, 2.45) is 10.8 Å². The van der Waals surface area contributed by atoms with Crippen molar-refractivity contribution in [3.05, 3.63) is 127 Å². The molecule has 4 aromatic carbocycles. The molecule has 0 radical (unpaired) electrons. The minimum atomic E-state index is -5.18. The van der Waals surface area contributed by atoms with E-state index in [1.54, 1.807) is 0 Å². The van der Waals surface area contributed by atoms with Crippen LogP contribution in [0.4, 0.5) is 0 Å². The van der Waals surface area contributed by atoms with E-state index in [0.717, 1.165) is 0 Å². The van der Waals surface area contributed by atoms with Crippen LogP contribution in [0.3, 0.4) is 0 Å². The van der Waals surface area contributed by atoms with E-state index in [0.29, 0.717) is 0 Å². The van der Waals surface area contributed by atoms with Gasteiger partial charge in [0, 0.05) is 0 Å². The van der Waals surface area contributed by atoms with Crippen LogP contribution in [-0.2, 0) is 26.4 Å². The average Bonchev–Trinajstić information content (AvgIpc) is 3.63. The van der Waals surface area contributed by atoms with Gasteiger partial charge in [-0.1, -0.05) is 0 Å². The molecule has 0 fully saturated rings. The van der Waals surface area contributed by atoms with Gasteiger partial charge >= 0.3 is 353 Å². The van der Waals surface area contributed by atoms with Gasteiger partial charge in [-0.3, -0.25) is 0 Å². The molecule has 4 aromatic rings. The van der Waals surface area contributed by atoms with Gasteiger partial charge in [0.05, 0.1) is 0 Å². The average molecular weight is 884 g/mol. The zero-order valence-electron chi connectivity index (χ0n) is 37.9. The van der Waals surface area contributed by atoms with Gasteiger partial charge in [-0.2, -0.15) is 0 Å². The zero-order valence-corrected chi connectivity index (χ0v) is 43.0. The van der Waals surface area contributed by atoms with Crippen molar-refractivity contribution in [3.63, 3.8) is 0 Å². The fourth-order valence-electron chi connectivity index (χ4n) is 10.3. The van der Waals surface area contributed by atoms with Crippen molar-refractivity contribution in [1.82, 2.24) is 0 Å². The SMILES string of the molecule is Cc1cc(C)cc(-c2c(C(C)(C)C)ccc3c2C=C(C(C)(C)C)[CH]3[Zr]([Cl])([Cl])([CH]2C(C(C)(C)C)=Cc3c2ccc(C(C)(C)C)c3-c2cc(C)cc(C)c2)[SiH](C)C)c1. The number of allylic oxidation sites excluding steroid dienone is 2. The van der Waals surface area contributed by atoms with Crippen molar-refractivity contribution in [1.29, 1.82) is 0 Å². The first-order chi connectivity index (χ1) is 25.5. The third-order valence-electron chi connectivity index (χ3n) is 13.0. The molecule has 2 unspecified atom stereocenters. The molecular formula is C52H69Cl2SiZr. The summed E-state index contributed by atoms with van der Waals surface area (Å²) in [6, 6.07) is 23.9. The van der Waals surface area contributed by atoms with Crippen molar-refractivity contribution < 1.29 is 15.6 Å². The van der Waals surface area contributed by atoms with E-state index in [1.165, 1.54) is 89.0 Å². The van der Waals surface area contributed by atoms with Gasteiger partial charge in [0.15, 0.2) is 0 Å². The summed E-state index contributed by atoms with van der Waals surface area (Å²) in [5.41, 5.74) is 21.1. The molecule has 0 aliphatic heterocycles. The molecule has 4 heteroatoms. The Labute approximate surface area is 350 Å². The minimum absolute atomic E-state index is 0.00577. The number of halogens is 2. The maximum absolute atomic E-state index is 9.11. The Hall–Kier alpha value is -1.96. The molecular weight excluding hydrogens is 815 g/mol. The van der Waals surface area contributed by atoms with E-state index in [2.05, 4.69) is 197 Å². The van der Waals surface area contributed by atoms with Gasteiger partial charge in [-0.15, -0.1) is 0 Å². The second-order valence-electron chi connectivity index (χ2n) is 22.2. The molecule has 0 aromatic heterocycles. The van der Waals surface area contributed by atoms with Crippen LogP contribution in [0.15, 0.2) is 71.8 Å². The predicted molar refractivity (Wildman–Crippen MR) is 251 cm³/mol. The molecule has 0 saturated carbocycles. The van der Waals surface area contributed by atoms with Crippen LogP contribution in [0.2, 0.25) is 13.1 Å². The Balaban J connectivity index is 1.76. The normalized spacial score (nSPS) is 18.4. The number of rotatable bonds is 5. The monoisotopic (exact) mass is 881 g/mol. The topological polar surface area (TPSA) is 0 Å². The van der Waals surface area contributed by atoms with Gasteiger partial charge in [-0.05, 0) is 0 Å². The van der Waals surface area contributed by atoms with Crippen LogP contribution in [0.1, 0.15) is 146 Å². The Morgan fingerprint density at radius 2 is 0.768 bits per heavy atom. The molecule has 56 heavy (non-hydrogen) atoms. The first kappa shape index (κ1) is 43.6. The van der Waals surface area contributed by atoms with Crippen molar-refractivity contribution in [3.8, 4) is 22.3 Å². The molecule has 2 aliphatic rings. The standard InChI is InChI=1S/2C25H31.C2H7Si.2ClH.Zr/c2*1-16-11-17(2)13-19(12-16)23-21-15-20(24(3,4)5)14-18(21)9-10-22(23)25(6,7)8;1-3-2;;;/h2*9-15H,1-8H3;3H,1-2H3;2*1H;/q;;;;;+2/p-2. The van der Waals surface area contributed by atoms with Crippen LogP contribution in [0.5, 0.6) is 0 Å². The van der Waals surface area contributed by atoms with E-state index < -0.39 is 21.5 Å². The molecule has 0 amide bonds. The molecule has 0 bridgehead atoms. The maximum atomic E-state index is 9.11. The van der Waals surface area contributed by atoms with Crippen molar-refractivity contribution in [2.45, 2.75) is 142 Å². The predicted octanol–water partition coefficient (Wildman–Crippen LogP) is 16.5. The van der Waals surface area contributed by atoms with Gasteiger partial charge in [0.2, 0.25) is 0 Å². The van der Waals surface area contributed by atoms with E-state index in [4.69, 9.17) is 17.0 Å². The van der Waals surface area contributed by atoms with Crippen LogP contribution < -0.4 is 0 Å². The number of hydrogen-bond donors (Lipinski definition) is 0. The molecule has 2 aliphatic carbocycles. The van der Waals surface area contributed by atoms with Gasteiger partial charge in [0.1, 0.15) is 0 Å². The molecule has 0 saturated heterocycles. The fraction of sp³-hybridized carbons (Fsp3) is 0.462. The number of fused-ring (bicyclic) bond motifs is 2. The summed E-state index contributed by atoms with van der Waals surface area (Å²) in [7, 11) is 18.2. The molecule has 299 valence electrons. The van der Waals surface area contributed by atoms with E-state index in [9.17, 15) is 0 Å². The summed E-state index contributed by atoms with van der Waals surface area (Å²) < 4.78 is -0.0115. The van der Waals surface area contributed by atoms with Crippen molar-refractivity contribution >= 4 is 35.1 Å². The third-order valence-corrected chi connectivity index (χ3v) is 64.5. The summed E-state index contributed by atoms with van der Waals surface area (Å²) in [5, 5.41) is 0. The fourth-order valence-corrected chi connectivity index (χ4v) is 41.7. The van der Waals surface area contributed by atoms with Gasteiger partial charge in [-0.25, -0.2) is 0 Å². The Morgan fingerprint density at radius 1 is 0.464 bits per heavy atom. The Bertz CT molecular complexity index is 2110. The molecule has 0 N–H and O–H groups in total. The second kappa shape index (κ2) is 14.1. The number of aryl methyl sites for hydroxylation is 4. The molecule has 0 nitrogen and oxygen atoms in total. The van der Waals surface area contributed by atoms with E-state index in [1.807, 2.05) is 0 Å². The van der Waals surface area contributed by atoms with Crippen LogP contribution in [0.25, 0.3) is 34.4 Å². The summed E-state index contributed by atoms with van der Waals surface area (Å²) in [6.07, 6.45) is 5.13. The summed E-state index contributed by atoms with van der Waals surface area (Å²) in [5.74, 6) is -1.80. The van der Waals surface area contributed by atoms with Gasteiger partial charge < -0.3 is 0 Å². The zero-order chi connectivity index (χ0) is 41.9. The van der Waals surface area contributed by atoms with E-state index in [-0.39, 0.29) is 28.9 Å². The Kier molecular flexibility index (Phi) is 11.0. The summed E-state index contributed by atoms with van der Waals surface area (Å²) in [4.78, 5) is 0. The second-order valence-corrected chi connectivity index (χ2v) is 64.7. The Morgan fingerprint density at radius 3 is 1.02 bits per heavy atom. The molecule has 6 rings (SSSR count). The first-order valence-electron chi connectivity index (χ1n) is 21.0. The third kappa shape index (κ3) is 7.33. The van der Waals surface area contributed by atoms with Crippen LogP contribution in [-0.4, -0.2) is 5.92 Å². The van der Waals surface area contributed by atoms with Gasteiger partial charge in [0.25, 0.3) is 0 Å². The van der Waals surface area contributed by atoms with Crippen molar-refractivity contribution in [2.75, 3.05) is 0 Å².